The fourth-order valence-corrected chi connectivity index (χ4v) is 4.78. The van der Waals surface area contributed by atoms with Gasteiger partial charge in [-0.25, -0.2) is 14.2 Å². The number of carbonyl (C=O) groups excluding carboxylic acids is 2. The monoisotopic (exact) mass is 536 g/mol. The highest BCUT2D eigenvalue weighted by atomic mass is 35.5. The maximum absolute atomic E-state index is 13.3. The lowest BCUT2D eigenvalue weighted by atomic mass is 9.90. The number of carbonyl (C=O) groups is 2. The number of urea groups is 1. The Kier molecular flexibility index (Phi) is 8.43. The minimum atomic E-state index is -0.561. The summed E-state index contributed by atoms with van der Waals surface area (Å²) in [7, 11) is 0. The van der Waals surface area contributed by atoms with Crippen molar-refractivity contribution in [3.05, 3.63) is 74.4 Å². The summed E-state index contributed by atoms with van der Waals surface area (Å²) in [6.07, 6.45) is 3.33. The molecule has 2 atom stereocenters. The first kappa shape index (κ1) is 25.2. The number of amides is 3. The third-order valence-electron chi connectivity index (χ3n) is 5.54. The van der Waals surface area contributed by atoms with Crippen LogP contribution in [0.1, 0.15) is 41.2 Å². The van der Waals surface area contributed by atoms with E-state index < -0.39 is 11.8 Å². The Morgan fingerprint density at radius 2 is 1.77 bits per heavy atom. The smallest absolute Gasteiger partial charge is 0.319 e. The lowest BCUT2D eigenvalue weighted by Crippen LogP contribution is -2.54. The molecule has 3 N–H and O–H groups in total. The third-order valence-corrected chi connectivity index (χ3v) is 6.90. The van der Waals surface area contributed by atoms with Crippen LogP contribution in [0.15, 0.2) is 47.8 Å². The van der Waals surface area contributed by atoms with E-state index in [4.69, 9.17) is 27.9 Å². The minimum absolute atomic E-state index is 0.0770. The van der Waals surface area contributed by atoms with Crippen LogP contribution < -0.4 is 20.7 Å². The molecule has 1 saturated carbocycles. The largest absolute Gasteiger partial charge is 0.486 e. The number of hydrogen-bond acceptors (Lipinski definition) is 5. The lowest BCUT2D eigenvalue weighted by molar-refractivity contribution is 0.0911. The predicted molar refractivity (Wildman–Crippen MR) is 135 cm³/mol. The second-order valence-electron chi connectivity index (χ2n) is 8.07. The van der Waals surface area contributed by atoms with Gasteiger partial charge >= 0.3 is 6.03 Å². The molecule has 184 valence electrons. The molecule has 3 aromatic rings. The molecule has 11 heteroatoms. The van der Waals surface area contributed by atoms with Gasteiger partial charge in [-0.3, -0.25) is 4.79 Å². The third kappa shape index (κ3) is 7.06. The van der Waals surface area contributed by atoms with Crippen LogP contribution in [0, 0.1) is 5.82 Å². The Morgan fingerprint density at radius 1 is 1.06 bits per heavy atom. The quantitative estimate of drug-likeness (QED) is 0.343. The maximum Gasteiger partial charge on any atom is 0.319 e. The zero-order valence-corrected chi connectivity index (χ0v) is 20.9. The maximum atomic E-state index is 13.3. The fraction of sp³-hybridized carbons (Fsp3) is 0.292. The summed E-state index contributed by atoms with van der Waals surface area (Å²) in [5, 5.41) is 11.5. The van der Waals surface area contributed by atoms with Crippen molar-refractivity contribution < 1.29 is 18.7 Å². The van der Waals surface area contributed by atoms with Gasteiger partial charge in [-0.2, -0.15) is 0 Å². The van der Waals surface area contributed by atoms with Crippen LogP contribution in [0.2, 0.25) is 10.0 Å². The number of nitrogens with zero attached hydrogens (tertiary/aromatic N) is 1. The standard InChI is InChI=1S/C24H23Cl2FN4O3S/c25-14-5-8-16(9-6-14)34-12-22-29-21(13-35-22)23(32)30-19-3-1-2-4-20(19)31-24(33)28-15-7-10-18(27)17(26)11-15/h5-11,13,19-20H,1-4,12H2,(H,30,32)(H2,28,31,33)/t19-,20+/m1/s1. The second kappa shape index (κ2) is 11.7. The molecule has 2 aromatic carbocycles. The van der Waals surface area contributed by atoms with E-state index in [1.54, 1.807) is 29.6 Å². The summed E-state index contributed by atoms with van der Waals surface area (Å²) >= 11 is 13.0. The SMILES string of the molecule is O=C(Nc1ccc(F)c(Cl)c1)N[C@H]1CCCC[C@H]1NC(=O)c1csc(COc2ccc(Cl)cc2)n1. The fourth-order valence-electron chi connectivity index (χ4n) is 3.79. The van der Waals surface area contributed by atoms with Crippen molar-refractivity contribution in [3.8, 4) is 5.75 Å². The van der Waals surface area contributed by atoms with Crippen LogP contribution in [0.5, 0.6) is 5.75 Å². The highest BCUT2D eigenvalue weighted by molar-refractivity contribution is 7.09. The molecule has 1 aliphatic rings. The predicted octanol–water partition coefficient (Wildman–Crippen LogP) is 6.03. The van der Waals surface area contributed by atoms with Gasteiger partial charge in [0.15, 0.2) is 0 Å². The van der Waals surface area contributed by atoms with E-state index in [2.05, 4.69) is 20.9 Å². The molecule has 0 aliphatic heterocycles. The minimum Gasteiger partial charge on any atom is -0.486 e. The number of rotatable bonds is 7. The average molecular weight is 537 g/mol. The van der Waals surface area contributed by atoms with Crippen LogP contribution in [-0.4, -0.2) is 29.0 Å². The number of nitrogens with one attached hydrogen (secondary N) is 3. The van der Waals surface area contributed by atoms with E-state index in [-0.39, 0.29) is 29.6 Å². The van der Waals surface area contributed by atoms with Gasteiger partial charge in [0.1, 0.15) is 28.9 Å². The second-order valence-corrected chi connectivity index (χ2v) is 9.85. The van der Waals surface area contributed by atoms with Crippen LogP contribution in [0.4, 0.5) is 14.9 Å². The van der Waals surface area contributed by atoms with E-state index in [9.17, 15) is 14.0 Å². The molecule has 0 radical (unpaired) electrons. The van der Waals surface area contributed by atoms with Gasteiger partial charge in [0, 0.05) is 22.1 Å². The van der Waals surface area contributed by atoms with Crippen molar-refractivity contribution in [3.63, 3.8) is 0 Å². The molecular formula is C24H23Cl2FN4O3S. The Morgan fingerprint density at radius 3 is 2.49 bits per heavy atom. The highest BCUT2D eigenvalue weighted by Crippen LogP contribution is 2.22. The molecule has 35 heavy (non-hydrogen) atoms. The molecule has 1 fully saturated rings. The van der Waals surface area contributed by atoms with Crippen molar-refractivity contribution in [2.24, 2.45) is 0 Å². The summed E-state index contributed by atoms with van der Waals surface area (Å²) in [6, 6.07) is 10.0. The van der Waals surface area contributed by atoms with E-state index in [0.717, 1.165) is 25.7 Å². The van der Waals surface area contributed by atoms with E-state index >= 15 is 0 Å². The van der Waals surface area contributed by atoms with Gasteiger partial charge in [-0.15, -0.1) is 11.3 Å². The van der Waals surface area contributed by atoms with Gasteiger partial charge in [0.25, 0.3) is 5.91 Å². The van der Waals surface area contributed by atoms with Gasteiger partial charge in [-0.05, 0) is 55.3 Å². The lowest BCUT2D eigenvalue weighted by Gasteiger charge is -2.32. The highest BCUT2D eigenvalue weighted by Gasteiger charge is 2.29. The van der Waals surface area contributed by atoms with Crippen LogP contribution in [0.25, 0.3) is 0 Å². The molecular weight excluding hydrogens is 514 g/mol. The number of halogens is 3. The van der Waals surface area contributed by atoms with Crippen molar-refractivity contribution in [2.75, 3.05) is 5.32 Å². The molecule has 4 rings (SSSR count). The molecule has 1 aliphatic carbocycles. The van der Waals surface area contributed by atoms with E-state index in [0.29, 0.717) is 27.2 Å². The Hall–Kier alpha value is -2.88. The van der Waals surface area contributed by atoms with Crippen molar-refractivity contribution in [2.45, 2.75) is 44.4 Å². The molecule has 1 aromatic heterocycles. The normalized spacial score (nSPS) is 17.5. The summed E-state index contributed by atoms with van der Waals surface area (Å²) in [5.74, 6) is -0.203. The van der Waals surface area contributed by atoms with Gasteiger partial charge in [-0.1, -0.05) is 36.0 Å². The molecule has 0 bridgehead atoms. The molecule has 7 nitrogen and oxygen atoms in total. The Labute approximate surface area is 216 Å². The number of anilines is 1. The first-order valence-electron chi connectivity index (χ1n) is 11.0. The van der Waals surface area contributed by atoms with Crippen LogP contribution in [-0.2, 0) is 6.61 Å². The first-order valence-corrected chi connectivity index (χ1v) is 12.7. The Bertz CT molecular complexity index is 1190. The first-order chi connectivity index (χ1) is 16.9. The number of hydrogen-bond donors (Lipinski definition) is 3. The van der Waals surface area contributed by atoms with Gasteiger partial charge in [0.05, 0.1) is 11.1 Å². The van der Waals surface area contributed by atoms with Crippen molar-refractivity contribution in [1.29, 1.82) is 0 Å². The van der Waals surface area contributed by atoms with Gasteiger partial charge < -0.3 is 20.7 Å². The zero-order valence-electron chi connectivity index (χ0n) is 18.5. The molecule has 0 saturated heterocycles. The average Bonchev–Trinajstić information content (AvgIpc) is 3.32. The molecule has 1 heterocycles. The molecule has 0 spiro atoms. The topological polar surface area (TPSA) is 92.4 Å². The zero-order chi connectivity index (χ0) is 24.8. The number of aromatic nitrogens is 1. The van der Waals surface area contributed by atoms with Gasteiger partial charge in [0.2, 0.25) is 0 Å². The van der Waals surface area contributed by atoms with Crippen LogP contribution >= 0.6 is 34.5 Å². The summed E-state index contributed by atoms with van der Waals surface area (Å²) < 4.78 is 19.0. The number of benzene rings is 2. The summed E-state index contributed by atoms with van der Waals surface area (Å²) in [6.45, 7) is 0.237. The van der Waals surface area contributed by atoms with Crippen molar-refractivity contribution in [1.82, 2.24) is 15.6 Å². The Balaban J connectivity index is 1.31. The molecule has 0 unspecified atom stereocenters. The molecule has 3 amide bonds. The number of thiazole rings is 1. The summed E-state index contributed by atoms with van der Waals surface area (Å²) in [5.41, 5.74) is 0.681. The van der Waals surface area contributed by atoms with E-state index in [1.165, 1.54) is 29.5 Å². The van der Waals surface area contributed by atoms with Crippen LogP contribution in [0.3, 0.4) is 0 Å². The summed E-state index contributed by atoms with van der Waals surface area (Å²) in [4.78, 5) is 29.7. The van der Waals surface area contributed by atoms with Crippen molar-refractivity contribution >= 4 is 52.2 Å². The number of ether oxygens (including phenoxy) is 1. The van der Waals surface area contributed by atoms with E-state index in [1.807, 2.05) is 0 Å².